The molecule has 0 saturated carbocycles. The van der Waals surface area contributed by atoms with Gasteiger partial charge in [-0.2, -0.15) is 0 Å². The molecule has 2 N–H and O–H groups in total. The zero-order valence-electron chi connectivity index (χ0n) is 6.69. The fourth-order valence-electron chi connectivity index (χ4n) is 0.668. The van der Waals surface area contributed by atoms with Crippen molar-refractivity contribution in [2.45, 2.75) is 13.0 Å². The molecule has 5 heteroatoms. The Morgan fingerprint density at radius 1 is 1.82 bits per heavy atom. The normalized spacial score (nSPS) is 13.0. The largest absolute Gasteiger partial charge is 0.346 e. The summed E-state index contributed by atoms with van der Waals surface area (Å²) in [6.07, 6.45) is 0. The van der Waals surface area contributed by atoms with Crippen molar-refractivity contribution < 1.29 is 0 Å². The second kappa shape index (κ2) is 3.64. The molecule has 0 fully saturated rings. The minimum atomic E-state index is 0.322. The highest BCUT2D eigenvalue weighted by atomic mass is 32.1. The molecule has 0 spiro atoms. The molecular formula is C6H12N4S. The van der Waals surface area contributed by atoms with Crippen LogP contribution in [0.4, 0.5) is 5.13 Å². The van der Waals surface area contributed by atoms with Gasteiger partial charge in [0.25, 0.3) is 0 Å². The Morgan fingerprint density at radius 2 is 2.55 bits per heavy atom. The lowest BCUT2D eigenvalue weighted by Gasteiger charge is -2.21. The first-order chi connectivity index (χ1) is 5.25. The maximum atomic E-state index is 5.49. The lowest BCUT2D eigenvalue weighted by molar-refractivity contribution is 0.690. The molecule has 1 aromatic rings. The molecule has 1 heterocycles. The van der Waals surface area contributed by atoms with Gasteiger partial charge in [0, 0.05) is 19.6 Å². The first-order valence-electron chi connectivity index (χ1n) is 3.44. The Bertz CT molecular complexity index is 198. The van der Waals surface area contributed by atoms with E-state index in [1.807, 2.05) is 11.9 Å². The maximum Gasteiger partial charge on any atom is 0.208 e. The van der Waals surface area contributed by atoms with Crippen molar-refractivity contribution in [1.29, 1.82) is 0 Å². The van der Waals surface area contributed by atoms with Gasteiger partial charge in [-0.3, -0.25) is 0 Å². The number of aromatic nitrogens is 2. The lowest BCUT2D eigenvalue weighted by atomic mass is 10.3. The Morgan fingerprint density at radius 3 is 3.00 bits per heavy atom. The van der Waals surface area contributed by atoms with Gasteiger partial charge in [-0.25, -0.2) is 0 Å². The van der Waals surface area contributed by atoms with Crippen LogP contribution in [0.25, 0.3) is 0 Å². The third-order valence-electron chi connectivity index (χ3n) is 1.65. The summed E-state index contributed by atoms with van der Waals surface area (Å²) in [4.78, 5) is 2.03. The molecule has 11 heavy (non-hydrogen) atoms. The SMILES string of the molecule is CC(CN)N(C)c1nncs1. The van der Waals surface area contributed by atoms with Gasteiger partial charge in [-0.05, 0) is 6.92 Å². The highest BCUT2D eigenvalue weighted by Gasteiger charge is 2.09. The van der Waals surface area contributed by atoms with Gasteiger partial charge in [-0.15, -0.1) is 10.2 Å². The number of nitrogens with two attached hydrogens (primary N) is 1. The van der Waals surface area contributed by atoms with Crippen LogP contribution in [0.15, 0.2) is 5.51 Å². The highest BCUT2D eigenvalue weighted by Crippen LogP contribution is 2.15. The quantitative estimate of drug-likeness (QED) is 0.713. The minimum absolute atomic E-state index is 0.322. The van der Waals surface area contributed by atoms with Gasteiger partial charge in [-0.1, -0.05) is 11.3 Å². The number of nitrogens with zero attached hydrogens (tertiary/aromatic N) is 3. The van der Waals surface area contributed by atoms with E-state index < -0.39 is 0 Å². The number of likely N-dealkylation sites (N-methyl/N-ethyl adjacent to an activating group) is 1. The van der Waals surface area contributed by atoms with E-state index in [9.17, 15) is 0 Å². The molecule has 1 atom stereocenters. The number of hydrogen-bond donors (Lipinski definition) is 1. The third kappa shape index (κ3) is 1.87. The number of hydrogen-bond acceptors (Lipinski definition) is 5. The van der Waals surface area contributed by atoms with Crippen LogP contribution in [-0.4, -0.2) is 29.8 Å². The summed E-state index contributed by atoms with van der Waals surface area (Å²) in [5.41, 5.74) is 7.21. The zero-order chi connectivity index (χ0) is 8.27. The summed E-state index contributed by atoms with van der Waals surface area (Å²) in [6, 6.07) is 0.322. The zero-order valence-corrected chi connectivity index (χ0v) is 7.51. The molecule has 1 unspecified atom stereocenters. The molecule has 1 aromatic heterocycles. The second-order valence-corrected chi connectivity index (χ2v) is 3.23. The topological polar surface area (TPSA) is 55.0 Å². The molecule has 0 aromatic carbocycles. The number of rotatable bonds is 3. The van der Waals surface area contributed by atoms with Gasteiger partial charge >= 0.3 is 0 Å². The van der Waals surface area contributed by atoms with Gasteiger partial charge in [0.2, 0.25) is 5.13 Å². The first kappa shape index (κ1) is 8.42. The second-order valence-electron chi connectivity index (χ2n) is 2.42. The van der Waals surface area contributed by atoms with Crippen molar-refractivity contribution in [2.24, 2.45) is 5.73 Å². The van der Waals surface area contributed by atoms with Crippen LogP contribution < -0.4 is 10.6 Å². The molecule has 0 saturated heterocycles. The van der Waals surface area contributed by atoms with E-state index in [1.165, 1.54) is 11.3 Å². The maximum absolute atomic E-state index is 5.49. The van der Waals surface area contributed by atoms with Crippen molar-refractivity contribution >= 4 is 16.5 Å². The third-order valence-corrected chi connectivity index (χ3v) is 2.43. The van der Waals surface area contributed by atoms with Crippen LogP contribution in [0.1, 0.15) is 6.92 Å². The van der Waals surface area contributed by atoms with Gasteiger partial charge in [0.05, 0.1) is 0 Å². The predicted octanol–water partition coefficient (Wildman–Crippen LogP) is 0.322. The van der Waals surface area contributed by atoms with Crippen LogP contribution in [0.2, 0.25) is 0 Å². The van der Waals surface area contributed by atoms with Crippen LogP contribution in [0, 0.1) is 0 Å². The summed E-state index contributed by atoms with van der Waals surface area (Å²) in [5, 5.41) is 8.59. The summed E-state index contributed by atoms with van der Waals surface area (Å²) in [6.45, 7) is 2.69. The van der Waals surface area contributed by atoms with Crippen molar-refractivity contribution in [3.8, 4) is 0 Å². The van der Waals surface area contributed by atoms with Crippen LogP contribution in [-0.2, 0) is 0 Å². The van der Waals surface area contributed by atoms with Crippen LogP contribution >= 0.6 is 11.3 Å². The molecule has 0 radical (unpaired) electrons. The molecule has 0 bridgehead atoms. The van der Waals surface area contributed by atoms with E-state index in [-0.39, 0.29) is 0 Å². The molecule has 0 aliphatic carbocycles. The number of anilines is 1. The molecular weight excluding hydrogens is 160 g/mol. The van der Waals surface area contributed by atoms with Crippen molar-refractivity contribution in [1.82, 2.24) is 10.2 Å². The van der Waals surface area contributed by atoms with Crippen LogP contribution in [0.5, 0.6) is 0 Å². The molecule has 4 nitrogen and oxygen atoms in total. The summed E-state index contributed by atoms with van der Waals surface area (Å²) in [5.74, 6) is 0. The summed E-state index contributed by atoms with van der Waals surface area (Å²) >= 11 is 1.52. The van der Waals surface area contributed by atoms with E-state index in [0.717, 1.165) is 5.13 Å². The summed E-state index contributed by atoms with van der Waals surface area (Å²) < 4.78 is 0. The Hall–Kier alpha value is -0.680. The van der Waals surface area contributed by atoms with Crippen molar-refractivity contribution in [3.05, 3.63) is 5.51 Å². The van der Waals surface area contributed by atoms with Crippen LogP contribution in [0.3, 0.4) is 0 Å². The average Bonchev–Trinajstić information content (AvgIpc) is 2.53. The van der Waals surface area contributed by atoms with E-state index in [4.69, 9.17) is 5.73 Å². The molecule has 1 rings (SSSR count). The Kier molecular flexibility index (Phi) is 2.78. The monoisotopic (exact) mass is 172 g/mol. The standard InChI is InChI=1S/C6H12N4S/c1-5(3-7)10(2)6-9-8-4-11-6/h4-5H,3,7H2,1-2H3. The fraction of sp³-hybridized carbons (Fsp3) is 0.667. The van der Waals surface area contributed by atoms with E-state index >= 15 is 0 Å². The molecule has 0 amide bonds. The Balaban J connectivity index is 2.62. The molecule has 0 aliphatic heterocycles. The van der Waals surface area contributed by atoms with E-state index in [1.54, 1.807) is 5.51 Å². The molecule has 62 valence electrons. The Labute approximate surface area is 70.0 Å². The average molecular weight is 172 g/mol. The van der Waals surface area contributed by atoms with E-state index in [2.05, 4.69) is 17.1 Å². The summed E-state index contributed by atoms with van der Waals surface area (Å²) in [7, 11) is 1.97. The van der Waals surface area contributed by atoms with Crippen molar-refractivity contribution in [3.63, 3.8) is 0 Å². The van der Waals surface area contributed by atoms with Crippen molar-refractivity contribution in [2.75, 3.05) is 18.5 Å². The van der Waals surface area contributed by atoms with Gasteiger partial charge in [0.15, 0.2) is 0 Å². The van der Waals surface area contributed by atoms with E-state index in [0.29, 0.717) is 12.6 Å². The first-order valence-corrected chi connectivity index (χ1v) is 4.32. The minimum Gasteiger partial charge on any atom is -0.346 e. The van der Waals surface area contributed by atoms with Gasteiger partial charge in [0.1, 0.15) is 5.51 Å². The highest BCUT2D eigenvalue weighted by molar-refractivity contribution is 7.13. The fourth-order valence-corrected chi connectivity index (χ4v) is 1.30. The predicted molar refractivity (Wildman–Crippen MR) is 46.8 cm³/mol. The lowest BCUT2D eigenvalue weighted by Crippen LogP contribution is -2.35. The molecule has 0 aliphatic rings. The smallest absolute Gasteiger partial charge is 0.208 e. The van der Waals surface area contributed by atoms with Gasteiger partial charge < -0.3 is 10.6 Å².